The predicted molar refractivity (Wildman–Crippen MR) is 113 cm³/mol. The number of aryl methyl sites for hydroxylation is 2. The van der Waals surface area contributed by atoms with Gasteiger partial charge < -0.3 is 23.4 Å². The summed E-state index contributed by atoms with van der Waals surface area (Å²) in [6, 6.07) is 8.78. The lowest BCUT2D eigenvalue weighted by Crippen LogP contribution is -2.27. The monoisotopic (exact) mass is 412 g/mol. The van der Waals surface area contributed by atoms with Crippen molar-refractivity contribution in [2.24, 2.45) is 0 Å². The van der Waals surface area contributed by atoms with E-state index in [9.17, 15) is 9.59 Å². The molecule has 0 unspecified atom stereocenters. The Morgan fingerprint density at radius 3 is 2.33 bits per heavy atom. The number of carbonyl (C=O) groups excluding carboxylic acids is 1. The van der Waals surface area contributed by atoms with Crippen molar-refractivity contribution in [2.75, 3.05) is 21.3 Å². The molecule has 0 saturated heterocycles. The van der Waals surface area contributed by atoms with E-state index in [1.165, 1.54) is 28.3 Å². The van der Waals surface area contributed by atoms with Gasteiger partial charge in [0, 0.05) is 5.56 Å². The molecular formula is C23H24O7. The average Bonchev–Trinajstić information content (AvgIpc) is 2.74. The molecule has 2 aromatic carbocycles. The molecule has 0 N–H and O–H groups in total. The summed E-state index contributed by atoms with van der Waals surface area (Å²) in [5.74, 6) is 0.508. The molecule has 158 valence electrons. The van der Waals surface area contributed by atoms with Gasteiger partial charge in [0.1, 0.15) is 5.58 Å². The van der Waals surface area contributed by atoms with Gasteiger partial charge in [0.15, 0.2) is 23.4 Å². The van der Waals surface area contributed by atoms with Crippen molar-refractivity contribution in [3.63, 3.8) is 0 Å². The first kappa shape index (κ1) is 21.2. The molecule has 0 aliphatic heterocycles. The van der Waals surface area contributed by atoms with Crippen LogP contribution >= 0.6 is 0 Å². The minimum atomic E-state index is -1.000. The second-order valence-electron chi connectivity index (χ2n) is 6.90. The van der Waals surface area contributed by atoms with Crippen LogP contribution in [0, 0.1) is 13.8 Å². The maximum atomic E-state index is 13.4. The van der Waals surface area contributed by atoms with Crippen LogP contribution < -0.4 is 19.6 Å². The van der Waals surface area contributed by atoms with Crippen LogP contribution in [0.3, 0.4) is 0 Å². The maximum Gasteiger partial charge on any atom is 0.346 e. The first-order chi connectivity index (χ1) is 14.3. The highest BCUT2D eigenvalue weighted by Gasteiger charge is 2.24. The fourth-order valence-corrected chi connectivity index (χ4v) is 3.30. The van der Waals surface area contributed by atoms with Gasteiger partial charge in [-0.1, -0.05) is 6.07 Å². The van der Waals surface area contributed by atoms with Gasteiger partial charge in [-0.05, 0) is 56.2 Å². The van der Waals surface area contributed by atoms with Crippen LogP contribution in [-0.4, -0.2) is 33.4 Å². The fourth-order valence-electron chi connectivity index (χ4n) is 3.30. The van der Waals surface area contributed by atoms with Crippen LogP contribution in [0.2, 0.25) is 0 Å². The zero-order chi connectivity index (χ0) is 22.0. The summed E-state index contributed by atoms with van der Waals surface area (Å²) in [5, 5.41) is 0.379. The first-order valence-electron chi connectivity index (χ1n) is 9.35. The molecule has 1 heterocycles. The molecule has 0 radical (unpaired) electrons. The molecular weight excluding hydrogens is 388 g/mol. The summed E-state index contributed by atoms with van der Waals surface area (Å²) in [6.45, 7) is 5.27. The number of carbonyl (C=O) groups is 1. The van der Waals surface area contributed by atoms with Crippen molar-refractivity contribution < 1.29 is 28.2 Å². The Bertz CT molecular complexity index is 1160. The number of hydrogen-bond donors (Lipinski definition) is 0. The molecule has 3 aromatic rings. The van der Waals surface area contributed by atoms with Gasteiger partial charge in [0.2, 0.25) is 11.2 Å². The van der Waals surface area contributed by atoms with Crippen molar-refractivity contribution in [3.8, 4) is 28.6 Å². The van der Waals surface area contributed by atoms with Crippen LogP contribution in [-0.2, 0) is 9.53 Å². The normalized spacial score (nSPS) is 11.8. The van der Waals surface area contributed by atoms with Gasteiger partial charge in [-0.15, -0.1) is 0 Å². The second-order valence-corrected chi connectivity index (χ2v) is 6.90. The zero-order valence-electron chi connectivity index (χ0n) is 17.8. The molecule has 0 spiro atoms. The van der Waals surface area contributed by atoms with Crippen LogP contribution in [0.5, 0.6) is 17.2 Å². The number of esters is 1. The largest absolute Gasteiger partial charge is 0.493 e. The van der Waals surface area contributed by atoms with Crippen LogP contribution in [0.4, 0.5) is 0 Å². The molecule has 30 heavy (non-hydrogen) atoms. The lowest BCUT2D eigenvalue weighted by molar-refractivity contribution is -0.147. The minimum Gasteiger partial charge on any atom is -0.493 e. The highest BCUT2D eigenvalue weighted by Crippen LogP contribution is 2.37. The summed E-state index contributed by atoms with van der Waals surface area (Å²) in [5.41, 5.74) is 2.35. The van der Waals surface area contributed by atoms with Gasteiger partial charge in [-0.2, -0.15) is 0 Å². The van der Waals surface area contributed by atoms with E-state index < -0.39 is 12.1 Å². The van der Waals surface area contributed by atoms with Crippen LogP contribution in [0.1, 0.15) is 18.1 Å². The molecule has 3 rings (SSSR count). The summed E-state index contributed by atoms with van der Waals surface area (Å²) in [4.78, 5) is 25.3. The number of benzene rings is 2. The predicted octanol–water partition coefficient (Wildman–Crippen LogP) is 4.03. The molecule has 0 bridgehead atoms. The fraction of sp³-hybridized carbons (Fsp3) is 0.304. The summed E-state index contributed by atoms with van der Waals surface area (Å²) >= 11 is 0. The number of fused-ring (bicyclic) bond motifs is 1. The Balaban J connectivity index is 2.32. The van der Waals surface area contributed by atoms with Gasteiger partial charge in [0.05, 0.1) is 26.7 Å². The second kappa shape index (κ2) is 8.49. The third kappa shape index (κ3) is 3.83. The van der Waals surface area contributed by atoms with Crippen LogP contribution in [0.25, 0.3) is 22.3 Å². The van der Waals surface area contributed by atoms with E-state index >= 15 is 0 Å². The Hall–Kier alpha value is -3.48. The Kier molecular flexibility index (Phi) is 6.01. The zero-order valence-corrected chi connectivity index (χ0v) is 17.8. The number of rotatable bonds is 6. The maximum absolute atomic E-state index is 13.4. The highest BCUT2D eigenvalue weighted by molar-refractivity contribution is 5.85. The Morgan fingerprint density at radius 2 is 1.70 bits per heavy atom. The number of ether oxygens (including phenoxy) is 4. The number of methoxy groups -OCH3 is 3. The molecule has 0 fully saturated rings. The van der Waals surface area contributed by atoms with E-state index in [-0.39, 0.29) is 16.9 Å². The van der Waals surface area contributed by atoms with E-state index in [2.05, 4.69) is 0 Å². The smallest absolute Gasteiger partial charge is 0.346 e. The SMILES string of the molecule is COC(=O)[C@@H](C)Oc1c(-c2ccc(OC)c(OC)c2)oc2c(C)cc(C)cc2c1=O. The third-order valence-corrected chi connectivity index (χ3v) is 4.75. The Morgan fingerprint density at radius 1 is 1.00 bits per heavy atom. The molecule has 0 amide bonds. The van der Waals surface area contributed by atoms with E-state index in [0.29, 0.717) is 28.0 Å². The number of hydrogen-bond acceptors (Lipinski definition) is 7. The molecule has 7 nitrogen and oxygen atoms in total. The molecule has 7 heteroatoms. The van der Waals surface area contributed by atoms with Crippen molar-refractivity contribution in [1.29, 1.82) is 0 Å². The van der Waals surface area contributed by atoms with E-state index in [4.69, 9.17) is 23.4 Å². The summed E-state index contributed by atoms with van der Waals surface area (Å²) in [6.07, 6.45) is -1.000. The van der Waals surface area contributed by atoms with E-state index in [1.54, 1.807) is 24.3 Å². The molecule has 0 aliphatic rings. The molecule has 1 atom stereocenters. The van der Waals surface area contributed by atoms with Gasteiger partial charge in [0.25, 0.3) is 0 Å². The third-order valence-electron chi connectivity index (χ3n) is 4.75. The highest BCUT2D eigenvalue weighted by atomic mass is 16.6. The van der Waals surface area contributed by atoms with Crippen molar-refractivity contribution in [1.82, 2.24) is 0 Å². The van der Waals surface area contributed by atoms with Gasteiger partial charge in [-0.25, -0.2) is 4.79 Å². The minimum absolute atomic E-state index is 0.0716. The van der Waals surface area contributed by atoms with E-state index in [1.807, 2.05) is 19.9 Å². The van der Waals surface area contributed by atoms with Crippen molar-refractivity contribution >= 4 is 16.9 Å². The van der Waals surface area contributed by atoms with E-state index in [0.717, 1.165) is 11.1 Å². The molecule has 0 saturated carbocycles. The summed E-state index contributed by atoms with van der Waals surface area (Å²) < 4.78 is 27.3. The molecule has 0 aliphatic carbocycles. The summed E-state index contributed by atoms with van der Waals surface area (Å²) in [7, 11) is 4.31. The van der Waals surface area contributed by atoms with Crippen LogP contribution in [0.15, 0.2) is 39.5 Å². The quantitative estimate of drug-likeness (QED) is 0.565. The average molecular weight is 412 g/mol. The lowest BCUT2D eigenvalue weighted by Gasteiger charge is -2.17. The Labute approximate surface area is 174 Å². The lowest BCUT2D eigenvalue weighted by atomic mass is 10.0. The van der Waals surface area contributed by atoms with Crippen molar-refractivity contribution in [2.45, 2.75) is 26.9 Å². The molecule has 1 aromatic heterocycles. The first-order valence-corrected chi connectivity index (χ1v) is 9.35. The van der Waals surface area contributed by atoms with Gasteiger partial charge in [-0.3, -0.25) is 4.79 Å². The standard InChI is InChI=1S/C23H24O7/c1-12-9-13(2)20-16(10-12)19(24)22(29-14(3)23(25)28-6)21(30-20)15-7-8-17(26-4)18(11-15)27-5/h7-11,14H,1-6H3/t14-/m1/s1. The van der Waals surface area contributed by atoms with Crippen molar-refractivity contribution in [3.05, 3.63) is 51.7 Å². The van der Waals surface area contributed by atoms with Gasteiger partial charge >= 0.3 is 5.97 Å². The topological polar surface area (TPSA) is 84.2 Å².